The Balaban J connectivity index is 0.000000347. The van der Waals surface area contributed by atoms with Crippen molar-refractivity contribution in [3.63, 3.8) is 0 Å². The van der Waals surface area contributed by atoms with Gasteiger partial charge in [-0.15, -0.1) is 0 Å². The van der Waals surface area contributed by atoms with E-state index in [0.717, 1.165) is 0 Å². The molecular formula is C13H15O5PS. The minimum Gasteiger partial charge on any atom is -0.326 e. The fraction of sp³-hybridized carbons (Fsp3) is 0.0769. The molecule has 0 saturated carbocycles. The van der Waals surface area contributed by atoms with Crippen molar-refractivity contribution in [1.29, 1.82) is 0 Å². The normalized spacial score (nSPS) is 12.1. The van der Waals surface area contributed by atoms with Crippen LogP contribution >= 0.6 is 8.25 Å². The first-order valence-electron chi connectivity index (χ1n) is 5.60. The fourth-order valence-electron chi connectivity index (χ4n) is 1.34. The lowest BCUT2D eigenvalue weighted by molar-refractivity contribution is 0.343. The van der Waals surface area contributed by atoms with E-state index >= 15 is 0 Å². The van der Waals surface area contributed by atoms with E-state index in [2.05, 4.69) is 4.52 Å². The first kappa shape index (κ1) is 16.6. The quantitative estimate of drug-likeness (QED) is 0.881. The van der Waals surface area contributed by atoms with Crippen LogP contribution in [0, 0.1) is 0 Å². The van der Waals surface area contributed by atoms with Crippen LogP contribution in [-0.4, -0.2) is 20.4 Å². The Morgan fingerprint density at radius 1 is 0.900 bits per heavy atom. The average molecular weight is 314 g/mol. The summed E-state index contributed by atoms with van der Waals surface area (Å²) < 4.78 is 37.3. The summed E-state index contributed by atoms with van der Waals surface area (Å²) in [6.45, 7) is 0. The summed E-state index contributed by atoms with van der Waals surface area (Å²) in [5, 5.41) is 0. The van der Waals surface area contributed by atoms with E-state index in [9.17, 15) is 13.0 Å². The highest BCUT2D eigenvalue weighted by molar-refractivity contribution is 7.91. The third-order valence-corrected chi connectivity index (χ3v) is 4.42. The molecule has 2 aromatic rings. The number of sulfone groups is 1. The molecule has 0 aliphatic heterocycles. The summed E-state index contributed by atoms with van der Waals surface area (Å²) in [6, 6.07) is 16.9. The Hall–Kier alpha value is -1.46. The van der Waals surface area contributed by atoms with E-state index < -0.39 is 18.1 Å². The Morgan fingerprint density at radius 3 is 1.45 bits per heavy atom. The summed E-state index contributed by atoms with van der Waals surface area (Å²) in [5.41, 5.74) is 0. The largest absolute Gasteiger partial charge is 0.326 e. The number of hydrogen-bond acceptors (Lipinski definition) is 4. The first-order valence-corrected chi connectivity index (χ1v) is 8.35. The van der Waals surface area contributed by atoms with Crippen LogP contribution in [0.15, 0.2) is 70.5 Å². The molecule has 20 heavy (non-hydrogen) atoms. The molecule has 1 N–H and O–H groups in total. The highest BCUT2D eigenvalue weighted by Gasteiger charge is 2.15. The molecule has 5 nitrogen and oxygen atoms in total. The van der Waals surface area contributed by atoms with E-state index in [-0.39, 0.29) is 0 Å². The van der Waals surface area contributed by atoms with Crippen molar-refractivity contribution in [1.82, 2.24) is 0 Å². The molecule has 0 aliphatic carbocycles. The lowest BCUT2D eigenvalue weighted by Crippen LogP contribution is -2.00. The molecule has 1 unspecified atom stereocenters. The molecule has 0 amide bonds. The summed E-state index contributed by atoms with van der Waals surface area (Å²) in [4.78, 5) is 8.34. The maximum atomic E-state index is 12.0. The smallest absolute Gasteiger partial charge is 0.316 e. The minimum atomic E-state index is -3.34. The molecule has 0 bridgehead atoms. The van der Waals surface area contributed by atoms with Crippen molar-refractivity contribution in [2.24, 2.45) is 0 Å². The second-order valence-electron chi connectivity index (χ2n) is 3.60. The third kappa shape index (κ3) is 4.90. The molecule has 2 rings (SSSR count). The van der Waals surface area contributed by atoms with Gasteiger partial charge in [0.25, 0.3) is 0 Å². The van der Waals surface area contributed by atoms with E-state index in [0.29, 0.717) is 9.79 Å². The third-order valence-electron chi connectivity index (χ3n) is 2.28. The summed E-state index contributed by atoms with van der Waals surface area (Å²) in [7, 11) is -4.78. The number of benzene rings is 2. The van der Waals surface area contributed by atoms with E-state index in [1.165, 1.54) is 7.11 Å². The fourth-order valence-corrected chi connectivity index (χ4v) is 2.64. The lowest BCUT2D eigenvalue weighted by Gasteiger charge is -2.03. The summed E-state index contributed by atoms with van der Waals surface area (Å²) in [5.74, 6) is 0. The minimum absolute atomic E-state index is 0.330. The maximum absolute atomic E-state index is 12.0. The Kier molecular flexibility index (Phi) is 6.61. The zero-order chi connectivity index (χ0) is 15.0. The average Bonchev–Trinajstić information content (AvgIpc) is 2.49. The van der Waals surface area contributed by atoms with Crippen LogP contribution in [0.3, 0.4) is 0 Å². The van der Waals surface area contributed by atoms with Gasteiger partial charge < -0.3 is 9.42 Å². The van der Waals surface area contributed by atoms with Crippen molar-refractivity contribution >= 4 is 18.1 Å². The first-order chi connectivity index (χ1) is 9.48. The molecule has 0 aliphatic rings. The second kappa shape index (κ2) is 7.97. The topological polar surface area (TPSA) is 80.7 Å². The summed E-state index contributed by atoms with van der Waals surface area (Å²) in [6.07, 6.45) is 0. The van der Waals surface area contributed by atoms with Gasteiger partial charge >= 0.3 is 8.25 Å². The van der Waals surface area contributed by atoms with Gasteiger partial charge in [-0.1, -0.05) is 36.4 Å². The van der Waals surface area contributed by atoms with Gasteiger partial charge in [0.15, 0.2) is 0 Å². The maximum Gasteiger partial charge on any atom is 0.316 e. The van der Waals surface area contributed by atoms with Gasteiger partial charge in [-0.25, -0.2) is 8.42 Å². The lowest BCUT2D eigenvalue weighted by atomic mass is 10.4. The highest BCUT2D eigenvalue weighted by Crippen LogP contribution is 2.19. The van der Waals surface area contributed by atoms with Crippen LogP contribution in [0.4, 0.5) is 0 Å². The molecule has 0 radical (unpaired) electrons. The standard InChI is InChI=1S/C12H10O2S.CH5O3P/c13-15(14,11-7-3-1-4-8-11)12-9-5-2-6-10-12;1-4-5(2)3/h1-10H;5H,1H3,(H,2,3). The Bertz CT molecular complexity index is 595. The number of rotatable bonds is 3. The predicted molar refractivity (Wildman–Crippen MR) is 76.6 cm³/mol. The highest BCUT2D eigenvalue weighted by atomic mass is 32.2. The Morgan fingerprint density at radius 2 is 1.20 bits per heavy atom. The SMILES string of the molecule is CO[PH](=O)O.O=S(=O)(c1ccccc1)c1ccccc1. The molecule has 0 fully saturated rings. The van der Waals surface area contributed by atoms with Crippen molar-refractivity contribution in [2.75, 3.05) is 7.11 Å². The van der Waals surface area contributed by atoms with Gasteiger partial charge in [0.1, 0.15) is 0 Å². The van der Waals surface area contributed by atoms with E-state index in [1.807, 2.05) is 0 Å². The Labute approximate surface area is 118 Å². The molecular weight excluding hydrogens is 299 g/mol. The molecule has 7 heteroatoms. The van der Waals surface area contributed by atoms with Crippen LogP contribution < -0.4 is 0 Å². The van der Waals surface area contributed by atoms with Crippen LogP contribution in [0.2, 0.25) is 0 Å². The van der Waals surface area contributed by atoms with Gasteiger partial charge in [0.2, 0.25) is 9.84 Å². The number of hydrogen-bond donors (Lipinski definition) is 1. The van der Waals surface area contributed by atoms with Crippen molar-refractivity contribution in [2.45, 2.75) is 9.79 Å². The van der Waals surface area contributed by atoms with E-state index in [1.54, 1.807) is 60.7 Å². The van der Waals surface area contributed by atoms with Crippen molar-refractivity contribution < 1.29 is 22.4 Å². The van der Waals surface area contributed by atoms with Gasteiger partial charge in [-0.2, -0.15) is 0 Å². The van der Waals surface area contributed by atoms with Crippen LogP contribution in [0.5, 0.6) is 0 Å². The molecule has 2 aromatic carbocycles. The monoisotopic (exact) mass is 314 g/mol. The van der Waals surface area contributed by atoms with Gasteiger partial charge in [-0.3, -0.25) is 4.57 Å². The van der Waals surface area contributed by atoms with Gasteiger partial charge in [-0.05, 0) is 24.3 Å². The van der Waals surface area contributed by atoms with Crippen LogP contribution in [0.25, 0.3) is 0 Å². The second-order valence-corrected chi connectivity index (χ2v) is 6.49. The molecule has 108 valence electrons. The van der Waals surface area contributed by atoms with Crippen LogP contribution in [0.1, 0.15) is 0 Å². The zero-order valence-electron chi connectivity index (χ0n) is 10.8. The van der Waals surface area contributed by atoms with E-state index in [4.69, 9.17) is 4.89 Å². The van der Waals surface area contributed by atoms with Crippen molar-refractivity contribution in [3.8, 4) is 0 Å². The van der Waals surface area contributed by atoms with Gasteiger partial charge in [0, 0.05) is 7.11 Å². The van der Waals surface area contributed by atoms with Gasteiger partial charge in [0.05, 0.1) is 9.79 Å². The molecule has 0 saturated heterocycles. The zero-order valence-corrected chi connectivity index (χ0v) is 12.6. The molecule has 0 aromatic heterocycles. The van der Waals surface area contributed by atoms with Crippen molar-refractivity contribution in [3.05, 3.63) is 60.7 Å². The van der Waals surface area contributed by atoms with Crippen LogP contribution in [-0.2, 0) is 18.9 Å². The molecule has 0 heterocycles. The predicted octanol–water partition coefficient (Wildman–Crippen LogP) is 2.53. The molecule has 1 atom stereocenters. The molecule has 0 spiro atoms. The summed E-state index contributed by atoms with van der Waals surface area (Å²) >= 11 is 0.